The SMILES string of the molecule is CC1(C)[C@@H](CN)[C@@H]1CCC(F)(F)F. The summed E-state index contributed by atoms with van der Waals surface area (Å²) in [5, 5.41) is 0. The highest BCUT2D eigenvalue weighted by molar-refractivity contribution is 5.04. The highest BCUT2D eigenvalue weighted by Gasteiger charge is 2.56. The van der Waals surface area contributed by atoms with Crippen molar-refractivity contribution in [3.8, 4) is 0 Å². The predicted octanol–water partition coefficient (Wildman–Crippen LogP) is 2.56. The molecular formula is C9H16F3N. The molecule has 0 aromatic heterocycles. The van der Waals surface area contributed by atoms with Gasteiger partial charge in [-0.05, 0) is 30.2 Å². The van der Waals surface area contributed by atoms with Crippen molar-refractivity contribution in [2.24, 2.45) is 23.0 Å². The lowest BCUT2D eigenvalue weighted by Gasteiger charge is -2.06. The Hall–Kier alpha value is -0.250. The first kappa shape index (κ1) is 10.8. The van der Waals surface area contributed by atoms with E-state index < -0.39 is 12.6 Å². The van der Waals surface area contributed by atoms with Gasteiger partial charge in [-0.1, -0.05) is 13.8 Å². The summed E-state index contributed by atoms with van der Waals surface area (Å²) in [5.41, 5.74) is 5.49. The van der Waals surface area contributed by atoms with E-state index in [1.165, 1.54) is 0 Å². The van der Waals surface area contributed by atoms with Crippen LogP contribution in [-0.4, -0.2) is 12.7 Å². The van der Waals surface area contributed by atoms with E-state index in [9.17, 15) is 13.2 Å². The van der Waals surface area contributed by atoms with Crippen molar-refractivity contribution in [1.82, 2.24) is 0 Å². The van der Waals surface area contributed by atoms with Crippen molar-refractivity contribution < 1.29 is 13.2 Å². The fourth-order valence-corrected chi connectivity index (χ4v) is 2.22. The van der Waals surface area contributed by atoms with Gasteiger partial charge < -0.3 is 5.73 Å². The van der Waals surface area contributed by atoms with Crippen molar-refractivity contribution in [1.29, 1.82) is 0 Å². The maximum atomic E-state index is 11.9. The van der Waals surface area contributed by atoms with Gasteiger partial charge >= 0.3 is 6.18 Å². The van der Waals surface area contributed by atoms with E-state index in [2.05, 4.69) is 0 Å². The third-order valence-corrected chi connectivity index (χ3v) is 3.28. The Labute approximate surface area is 76.5 Å². The van der Waals surface area contributed by atoms with Crippen LogP contribution >= 0.6 is 0 Å². The number of alkyl halides is 3. The van der Waals surface area contributed by atoms with Gasteiger partial charge in [0.1, 0.15) is 0 Å². The highest BCUT2D eigenvalue weighted by Crippen LogP contribution is 2.60. The van der Waals surface area contributed by atoms with E-state index in [1.54, 1.807) is 0 Å². The molecule has 0 spiro atoms. The molecular weight excluding hydrogens is 179 g/mol. The van der Waals surface area contributed by atoms with Gasteiger partial charge in [-0.2, -0.15) is 13.2 Å². The van der Waals surface area contributed by atoms with Crippen molar-refractivity contribution >= 4 is 0 Å². The van der Waals surface area contributed by atoms with Gasteiger partial charge in [0, 0.05) is 6.42 Å². The Balaban J connectivity index is 2.33. The lowest BCUT2D eigenvalue weighted by atomic mass is 10.1. The molecule has 0 heterocycles. The van der Waals surface area contributed by atoms with E-state index in [-0.39, 0.29) is 23.7 Å². The van der Waals surface area contributed by atoms with Crippen LogP contribution in [0.25, 0.3) is 0 Å². The van der Waals surface area contributed by atoms with Gasteiger partial charge in [-0.3, -0.25) is 0 Å². The standard InChI is InChI=1S/C9H16F3N/c1-8(2)6(7(8)5-13)3-4-9(10,11)12/h6-7H,3-5,13H2,1-2H3/t6-,7-/m0/s1. The average Bonchev–Trinajstić information content (AvgIpc) is 2.46. The van der Waals surface area contributed by atoms with Crippen molar-refractivity contribution in [3.63, 3.8) is 0 Å². The maximum absolute atomic E-state index is 11.9. The first-order chi connectivity index (χ1) is 5.79. The zero-order valence-electron chi connectivity index (χ0n) is 7.99. The van der Waals surface area contributed by atoms with Crippen molar-refractivity contribution in [2.75, 3.05) is 6.54 Å². The molecule has 78 valence electrons. The summed E-state index contributed by atoms with van der Waals surface area (Å²) >= 11 is 0. The largest absolute Gasteiger partial charge is 0.389 e. The molecule has 0 saturated heterocycles. The summed E-state index contributed by atoms with van der Waals surface area (Å²) in [7, 11) is 0. The van der Waals surface area contributed by atoms with Crippen LogP contribution in [0.2, 0.25) is 0 Å². The molecule has 0 aromatic carbocycles. The molecule has 1 nitrogen and oxygen atoms in total. The molecule has 2 N–H and O–H groups in total. The monoisotopic (exact) mass is 195 g/mol. The van der Waals surface area contributed by atoms with Crippen LogP contribution in [0.5, 0.6) is 0 Å². The molecule has 0 aromatic rings. The van der Waals surface area contributed by atoms with Gasteiger partial charge in [-0.15, -0.1) is 0 Å². The fraction of sp³-hybridized carbons (Fsp3) is 1.00. The summed E-state index contributed by atoms with van der Waals surface area (Å²) in [6.45, 7) is 4.49. The Morgan fingerprint density at radius 3 is 2.08 bits per heavy atom. The van der Waals surface area contributed by atoms with Gasteiger partial charge in [-0.25, -0.2) is 0 Å². The lowest BCUT2D eigenvalue weighted by molar-refractivity contribution is -0.136. The highest BCUT2D eigenvalue weighted by atomic mass is 19.4. The number of nitrogens with two attached hydrogens (primary N) is 1. The number of hydrogen-bond acceptors (Lipinski definition) is 1. The summed E-state index contributed by atoms with van der Waals surface area (Å²) in [6.07, 6.45) is -4.45. The van der Waals surface area contributed by atoms with Gasteiger partial charge in [0.05, 0.1) is 0 Å². The second-order valence-corrected chi connectivity index (χ2v) is 4.42. The van der Waals surface area contributed by atoms with Crippen LogP contribution in [0, 0.1) is 17.3 Å². The minimum atomic E-state index is -4.02. The molecule has 13 heavy (non-hydrogen) atoms. The molecule has 0 aliphatic heterocycles. The smallest absolute Gasteiger partial charge is 0.330 e. The second-order valence-electron chi connectivity index (χ2n) is 4.42. The summed E-state index contributed by atoms with van der Waals surface area (Å²) in [6, 6.07) is 0. The van der Waals surface area contributed by atoms with E-state index in [4.69, 9.17) is 5.73 Å². The Morgan fingerprint density at radius 2 is 1.77 bits per heavy atom. The molecule has 0 bridgehead atoms. The van der Waals surface area contributed by atoms with Crippen LogP contribution in [0.1, 0.15) is 26.7 Å². The summed E-state index contributed by atoms with van der Waals surface area (Å²) < 4.78 is 35.7. The molecule has 2 atom stereocenters. The molecule has 0 unspecified atom stereocenters. The quantitative estimate of drug-likeness (QED) is 0.735. The molecule has 0 amide bonds. The molecule has 1 rings (SSSR count). The van der Waals surface area contributed by atoms with Gasteiger partial charge in [0.15, 0.2) is 0 Å². The van der Waals surface area contributed by atoms with Gasteiger partial charge in [0.2, 0.25) is 0 Å². The molecule has 0 radical (unpaired) electrons. The minimum absolute atomic E-state index is 0.0278. The van der Waals surface area contributed by atoms with Crippen LogP contribution < -0.4 is 5.73 Å². The third-order valence-electron chi connectivity index (χ3n) is 3.28. The van der Waals surface area contributed by atoms with Crippen LogP contribution in [0.15, 0.2) is 0 Å². The Morgan fingerprint density at radius 1 is 1.23 bits per heavy atom. The summed E-state index contributed by atoms with van der Waals surface area (Å²) in [5.74, 6) is 0.453. The number of rotatable bonds is 3. The lowest BCUT2D eigenvalue weighted by Crippen LogP contribution is -2.08. The Kier molecular flexibility index (Phi) is 2.63. The van der Waals surface area contributed by atoms with E-state index in [0.717, 1.165) is 0 Å². The van der Waals surface area contributed by atoms with E-state index in [1.807, 2.05) is 13.8 Å². The number of hydrogen-bond donors (Lipinski definition) is 1. The van der Waals surface area contributed by atoms with E-state index >= 15 is 0 Å². The summed E-state index contributed by atoms with van der Waals surface area (Å²) in [4.78, 5) is 0. The molecule has 1 fully saturated rings. The zero-order valence-corrected chi connectivity index (χ0v) is 7.99. The van der Waals surface area contributed by atoms with Crippen LogP contribution in [0.3, 0.4) is 0 Å². The third kappa shape index (κ3) is 2.36. The Bertz CT molecular complexity index is 186. The normalized spacial score (nSPS) is 31.8. The molecule has 4 heteroatoms. The first-order valence-corrected chi connectivity index (χ1v) is 4.56. The fourth-order valence-electron chi connectivity index (χ4n) is 2.22. The van der Waals surface area contributed by atoms with Crippen LogP contribution in [0.4, 0.5) is 13.2 Å². The molecule has 1 saturated carbocycles. The molecule has 1 aliphatic carbocycles. The zero-order chi connectivity index (χ0) is 10.3. The van der Waals surface area contributed by atoms with E-state index in [0.29, 0.717) is 6.54 Å². The van der Waals surface area contributed by atoms with Crippen LogP contribution in [-0.2, 0) is 0 Å². The topological polar surface area (TPSA) is 26.0 Å². The maximum Gasteiger partial charge on any atom is 0.389 e. The minimum Gasteiger partial charge on any atom is -0.330 e. The van der Waals surface area contributed by atoms with Crippen molar-refractivity contribution in [3.05, 3.63) is 0 Å². The number of halogens is 3. The average molecular weight is 195 g/mol. The van der Waals surface area contributed by atoms with Gasteiger partial charge in [0.25, 0.3) is 0 Å². The first-order valence-electron chi connectivity index (χ1n) is 4.56. The second kappa shape index (κ2) is 3.15. The molecule has 1 aliphatic rings. The van der Waals surface area contributed by atoms with Crippen molar-refractivity contribution in [2.45, 2.75) is 32.9 Å². The predicted molar refractivity (Wildman–Crippen MR) is 45.1 cm³/mol.